The van der Waals surface area contributed by atoms with Gasteiger partial charge in [0.1, 0.15) is 19.3 Å². The molecule has 0 saturated carbocycles. The largest absolute Gasteiger partial charge is 0.472 e. The number of ether oxygens (including phenoxy) is 4. The Hall–Kier alpha value is -1.94. The SMILES string of the molecule is CCCCCCCCCCCCCCCC(=O)OC[C@H](COP(=O)(O)OC[C@@H](O)COP(=O)(O)OC[C@@H](COC(=O)CCCCCCCCC)OC(=O)CCCCCCCCC)OC(=O)CCCCCCCCCCCCCCC(C)C. The smallest absolute Gasteiger partial charge is 0.462 e. The normalized spacial score (nSPS) is 14.3. The van der Waals surface area contributed by atoms with Gasteiger partial charge in [0.15, 0.2) is 12.2 Å². The molecule has 0 bridgehead atoms. The highest BCUT2D eigenvalue weighted by molar-refractivity contribution is 7.47. The first-order valence-electron chi connectivity index (χ1n) is 33.1. The third-order valence-electron chi connectivity index (χ3n) is 14.5. The first-order valence-corrected chi connectivity index (χ1v) is 36.1. The van der Waals surface area contributed by atoms with Gasteiger partial charge in [0.2, 0.25) is 0 Å². The van der Waals surface area contributed by atoms with Crippen LogP contribution >= 0.6 is 15.6 Å². The summed E-state index contributed by atoms with van der Waals surface area (Å²) < 4.78 is 67.8. The van der Waals surface area contributed by atoms with Gasteiger partial charge in [-0.05, 0) is 31.6 Å². The van der Waals surface area contributed by atoms with Crippen LogP contribution in [0, 0.1) is 5.92 Å². The molecule has 0 aliphatic carbocycles. The number of carbonyl (C=O) groups is 4. The zero-order valence-electron chi connectivity index (χ0n) is 52.6. The van der Waals surface area contributed by atoms with Crippen LogP contribution in [0.25, 0.3) is 0 Å². The van der Waals surface area contributed by atoms with Crippen molar-refractivity contribution in [2.45, 2.75) is 335 Å². The molecule has 0 fully saturated rings. The number of carbonyl (C=O) groups excluding carboxylic acids is 4. The molecule has 0 aromatic heterocycles. The van der Waals surface area contributed by atoms with Gasteiger partial charge in [-0.15, -0.1) is 0 Å². The van der Waals surface area contributed by atoms with E-state index in [1.807, 2.05) is 0 Å². The Morgan fingerprint density at radius 3 is 0.829 bits per heavy atom. The van der Waals surface area contributed by atoms with Gasteiger partial charge in [0, 0.05) is 25.7 Å². The molecule has 3 N–H and O–H groups in total. The van der Waals surface area contributed by atoms with Crippen LogP contribution in [0.3, 0.4) is 0 Å². The molecule has 5 atom stereocenters. The molecular formula is C63H122O17P2. The maximum Gasteiger partial charge on any atom is 0.472 e. The van der Waals surface area contributed by atoms with Crippen molar-refractivity contribution in [3.8, 4) is 0 Å². The van der Waals surface area contributed by atoms with E-state index in [1.54, 1.807) is 0 Å². The maximum absolute atomic E-state index is 13.0. The van der Waals surface area contributed by atoms with E-state index >= 15 is 0 Å². The van der Waals surface area contributed by atoms with Crippen molar-refractivity contribution in [2.75, 3.05) is 39.6 Å². The third-order valence-corrected chi connectivity index (χ3v) is 16.4. The predicted octanol–water partition coefficient (Wildman–Crippen LogP) is 17.4. The average Bonchev–Trinajstić information content (AvgIpc) is 3.46. The number of esters is 4. The van der Waals surface area contributed by atoms with Gasteiger partial charge in [0.05, 0.1) is 26.4 Å². The van der Waals surface area contributed by atoms with Crippen LogP contribution in [0.1, 0.15) is 317 Å². The Morgan fingerprint density at radius 1 is 0.329 bits per heavy atom. The summed E-state index contributed by atoms with van der Waals surface area (Å²) in [4.78, 5) is 71.9. The van der Waals surface area contributed by atoms with Gasteiger partial charge in [-0.1, -0.05) is 266 Å². The molecule has 82 heavy (non-hydrogen) atoms. The minimum absolute atomic E-state index is 0.103. The van der Waals surface area contributed by atoms with E-state index in [4.69, 9.17) is 37.0 Å². The van der Waals surface area contributed by atoms with Crippen molar-refractivity contribution in [2.24, 2.45) is 5.92 Å². The van der Waals surface area contributed by atoms with Crippen LogP contribution < -0.4 is 0 Å². The van der Waals surface area contributed by atoms with Crippen molar-refractivity contribution in [3.63, 3.8) is 0 Å². The number of unbranched alkanes of at least 4 members (excludes halogenated alkanes) is 35. The molecule has 17 nitrogen and oxygen atoms in total. The predicted molar refractivity (Wildman–Crippen MR) is 326 cm³/mol. The number of phosphoric ester groups is 2. The molecule has 0 rings (SSSR count). The number of phosphoric acid groups is 2. The second kappa shape index (κ2) is 56.8. The van der Waals surface area contributed by atoms with Gasteiger partial charge in [-0.3, -0.25) is 37.3 Å². The van der Waals surface area contributed by atoms with Crippen molar-refractivity contribution in [1.29, 1.82) is 0 Å². The topological polar surface area (TPSA) is 237 Å². The molecule has 2 unspecified atom stereocenters. The van der Waals surface area contributed by atoms with E-state index in [0.29, 0.717) is 25.7 Å². The Balaban J connectivity index is 5.18. The second-order valence-electron chi connectivity index (χ2n) is 23.3. The maximum atomic E-state index is 13.0. The van der Waals surface area contributed by atoms with E-state index in [9.17, 15) is 43.2 Å². The second-order valence-corrected chi connectivity index (χ2v) is 26.2. The van der Waals surface area contributed by atoms with Crippen LogP contribution in [0.2, 0.25) is 0 Å². The number of aliphatic hydroxyl groups excluding tert-OH is 1. The zero-order chi connectivity index (χ0) is 60.6. The summed E-state index contributed by atoms with van der Waals surface area (Å²) in [6.07, 6.45) is 40.5. The number of hydrogen-bond acceptors (Lipinski definition) is 15. The van der Waals surface area contributed by atoms with Crippen molar-refractivity contribution in [1.82, 2.24) is 0 Å². The standard InChI is InChI=1S/C63H122O17P2/c1-6-9-12-15-18-19-20-21-25-28-33-37-42-47-61(66)74-53-59(80-63(68)49-44-39-34-29-26-23-22-24-27-32-35-40-45-56(4)5)55-78-82(71,72)76-51-57(64)50-75-81(69,70)77-54-58(79-62(67)48-43-38-31-17-14-11-8-3)52-73-60(65)46-41-36-30-16-13-10-7-2/h56-59,64H,6-55H2,1-5H3,(H,69,70)(H,71,72)/t57-,58+,59+/m0/s1. The highest BCUT2D eigenvalue weighted by atomic mass is 31.2. The summed E-state index contributed by atoms with van der Waals surface area (Å²) in [5.41, 5.74) is 0. The molecule has 0 amide bonds. The Labute approximate surface area is 498 Å². The van der Waals surface area contributed by atoms with Gasteiger partial charge < -0.3 is 33.8 Å². The highest BCUT2D eigenvalue weighted by Gasteiger charge is 2.30. The van der Waals surface area contributed by atoms with E-state index in [-0.39, 0.29) is 25.7 Å². The minimum Gasteiger partial charge on any atom is -0.462 e. The van der Waals surface area contributed by atoms with Crippen molar-refractivity contribution >= 4 is 39.5 Å². The molecule has 0 saturated heterocycles. The number of hydrogen-bond donors (Lipinski definition) is 3. The first kappa shape index (κ1) is 80.1. The number of aliphatic hydroxyl groups is 1. The average molecular weight is 1210 g/mol. The fourth-order valence-electron chi connectivity index (χ4n) is 9.41. The first-order chi connectivity index (χ1) is 39.5. The molecule has 19 heteroatoms. The summed E-state index contributed by atoms with van der Waals surface area (Å²) >= 11 is 0. The van der Waals surface area contributed by atoms with E-state index in [2.05, 4.69) is 34.6 Å². The minimum atomic E-state index is -4.94. The summed E-state index contributed by atoms with van der Waals surface area (Å²) in [7, 11) is -9.87. The van der Waals surface area contributed by atoms with Crippen LogP contribution in [-0.4, -0.2) is 96.7 Å². The molecule has 0 radical (unpaired) electrons. The summed E-state index contributed by atoms with van der Waals surface area (Å²) in [6.45, 7) is 7.12. The van der Waals surface area contributed by atoms with Gasteiger partial charge >= 0.3 is 39.5 Å². The number of rotatable bonds is 63. The lowest BCUT2D eigenvalue weighted by Crippen LogP contribution is -2.30. The monoisotopic (exact) mass is 1210 g/mol. The van der Waals surface area contributed by atoms with Crippen LogP contribution in [0.15, 0.2) is 0 Å². The molecule has 0 heterocycles. The Kier molecular flexibility index (Phi) is 55.5. The fourth-order valence-corrected chi connectivity index (χ4v) is 11.0. The van der Waals surface area contributed by atoms with Gasteiger partial charge in [0.25, 0.3) is 0 Å². The molecule has 0 aliphatic rings. The van der Waals surface area contributed by atoms with Gasteiger partial charge in [-0.2, -0.15) is 0 Å². The van der Waals surface area contributed by atoms with Crippen molar-refractivity contribution in [3.05, 3.63) is 0 Å². The Bertz CT molecular complexity index is 1600. The molecule has 0 aromatic carbocycles. The quantitative estimate of drug-likeness (QED) is 0.0222. The molecule has 486 valence electrons. The van der Waals surface area contributed by atoms with Crippen molar-refractivity contribution < 1.29 is 80.2 Å². The van der Waals surface area contributed by atoms with Crippen LogP contribution in [-0.2, 0) is 65.4 Å². The van der Waals surface area contributed by atoms with Gasteiger partial charge in [-0.25, -0.2) is 9.13 Å². The lowest BCUT2D eigenvalue weighted by atomic mass is 10.0. The molecule has 0 spiro atoms. The lowest BCUT2D eigenvalue weighted by Gasteiger charge is -2.21. The highest BCUT2D eigenvalue weighted by Crippen LogP contribution is 2.45. The van der Waals surface area contributed by atoms with E-state index in [0.717, 1.165) is 121 Å². The van der Waals surface area contributed by atoms with Crippen LogP contribution in [0.5, 0.6) is 0 Å². The molecular weight excluding hydrogens is 1090 g/mol. The molecule has 0 aliphatic heterocycles. The fraction of sp³-hybridized carbons (Fsp3) is 0.937. The summed E-state index contributed by atoms with van der Waals surface area (Å²) in [5.74, 6) is -1.36. The van der Waals surface area contributed by atoms with E-state index in [1.165, 1.54) is 116 Å². The zero-order valence-corrected chi connectivity index (χ0v) is 54.4. The summed E-state index contributed by atoms with van der Waals surface area (Å²) in [5, 5.41) is 10.5. The van der Waals surface area contributed by atoms with E-state index < -0.39 is 97.5 Å². The summed E-state index contributed by atoms with van der Waals surface area (Å²) in [6, 6.07) is 0. The Morgan fingerprint density at radius 2 is 0.561 bits per heavy atom. The van der Waals surface area contributed by atoms with Crippen LogP contribution in [0.4, 0.5) is 0 Å². The lowest BCUT2D eigenvalue weighted by molar-refractivity contribution is -0.161. The molecule has 0 aromatic rings. The third kappa shape index (κ3) is 57.2.